The number of nitrogens with zero attached hydrogens (tertiary/aromatic N) is 3. The van der Waals surface area contributed by atoms with Gasteiger partial charge in [-0.15, -0.1) is 24.0 Å². The number of fused-ring (bicyclic) bond motifs is 1. The fourth-order valence-corrected chi connectivity index (χ4v) is 3.36. The van der Waals surface area contributed by atoms with E-state index in [-0.39, 0.29) is 24.0 Å². The summed E-state index contributed by atoms with van der Waals surface area (Å²) in [6.07, 6.45) is 0. The highest BCUT2D eigenvalue weighted by Gasteiger charge is 2.15. The van der Waals surface area contributed by atoms with Crippen molar-refractivity contribution in [1.29, 1.82) is 0 Å². The van der Waals surface area contributed by atoms with Crippen molar-refractivity contribution in [2.45, 2.75) is 13.5 Å². The van der Waals surface area contributed by atoms with Gasteiger partial charge >= 0.3 is 0 Å². The number of hydrogen-bond acceptors (Lipinski definition) is 4. The quantitative estimate of drug-likeness (QED) is 0.387. The highest BCUT2D eigenvalue weighted by molar-refractivity contribution is 14.0. The first-order valence-corrected chi connectivity index (χ1v) is 9.35. The molecular formula is C20H31IN4O2. The van der Waals surface area contributed by atoms with Gasteiger partial charge in [-0.1, -0.05) is 25.1 Å². The molecule has 1 saturated heterocycles. The molecule has 1 N–H and O–H groups in total. The average molecular weight is 486 g/mol. The SMILES string of the molecule is CN=C(NCC(C)CN1CCOCC1)N(C)Cc1cc2ccccc2o1.I. The number of rotatable bonds is 6. The van der Waals surface area contributed by atoms with Gasteiger partial charge < -0.3 is 19.4 Å². The maximum atomic E-state index is 5.92. The van der Waals surface area contributed by atoms with E-state index in [1.54, 1.807) is 0 Å². The van der Waals surface area contributed by atoms with Gasteiger partial charge in [-0.2, -0.15) is 0 Å². The van der Waals surface area contributed by atoms with E-state index in [2.05, 4.69) is 39.2 Å². The molecular weight excluding hydrogens is 455 g/mol. The number of aliphatic imine (C=N–C) groups is 1. The molecule has 1 fully saturated rings. The third-order valence-corrected chi connectivity index (χ3v) is 4.73. The predicted octanol–water partition coefficient (Wildman–Crippen LogP) is 3.03. The van der Waals surface area contributed by atoms with Crippen molar-refractivity contribution >= 4 is 40.9 Å². The van der Waals surface area contributed by atoms with Gasteiger partial charge in [0.2, 0.25) is 0 Å². The van der Waals surface area contributed by atoms with Crippen molar-refractivity contribution in [1.82, 2.24) is 15.1 Å². The normalized spacial score (nSPS) is 16.8. The summed E-state index contributed by atoms with van der Waals surface area (Å²) in [7, 11) is 3.86. The Morgan fingerprint density at radius 2 is 2.04 bits per heavy atom. The number of ether oxygens (including phenoxy) is 1. The molecule has 0 aliphatic carbocycles. The smallest absolute Gasteiger partial charge is 0.193 e. The molecule has 1 aliphatic rings. The van der Waals surface area contributed by atoms with Crippen LogP contribution in [-0.2, 0) is 11.3 Å². The average Bonchev–Trinajstić information content (AvgIpc) is 3.05. The molecule has 0 radical (unpaired) electrons. The van der Waals surface area contributed by atoms with Gasteiger partial charge in [-0.25, -0.2) is 0 Å². The van der Waals surface area contributed by atoms with Gasteiger partial charge in [0.05, 0.1) is 19.8 Å². The Labute approximate surface area is 179 Å². The largest absolute Gasteiger partial charge is 0.459 e. The molecule has 27 heavy (non-hydrogen) atoms. The molecule has 1 unspecified atom stereocenters. The molecule has 1 aromatic heterocycles. The van der Waals surface area contributed by atoms with Crippen molar-refractivity contribution in [3.63, 3.8) is 0 Å². The number of benzene rings is 1. The van der Waals surface area contributed by atoms with Crippen LogP contribution in [0.3, 0.4) is 0 Å². The molecule has 0 amide bonds. The first-order valence-electron chi connectivity index (χ1n) is 9.35. The zero-order valence-corrected chi connectivity index (χ0v) is 18.8. The second-order valence-corrected chi connectivity index (χ2v) is 7.05. The molecule has 0 saturated carbocycles. The van der Waals surface area contributed by atoms with Gasteiger partial charge in [0.1, 0.15) is 11.3 Å². The molecule has 6 nitrogen and oxygen atoms in total. The Morgan fingerprint density at radius 1 is 1.30 bits per heavy atom. The molecule has 0 bridgehead atoms. The van der Waals surface area contributed by atoms with Gasteiger partial charge in [-0.05, 0) is 18.1 Å². The van der Waals surface area contributed by atoms with E-state index in [9.17, 15) is 0 Å². The number of para-hydroxylation sites is 1. The predicted molar refractivity (Wildman–Crippen MR) is 121 cm³/mol. The van der Waals surface area contributed by atoms with Gasteiger partial charge in [0.25, 0.3) is 0 Å². The topological polar surface area (TPSA) is 53.2 Å². The van der Waals surface area contributed by atoms with E-state index in [0.717, 1.165) is 62.1 Å². The first kappa shape index (κ1) is 22.0. The summed E-state index contributed by atoms with van der Waals surface area (Å²) in [5, 5.41) is 4.63. The number of morpholine rings is 1. The molecule has 7 heteroatoms. The van der Waals surface area contributed by atoms with E-state index >= 15 is 0 Å². The molecule has 2 aromatic rings. The van der Waals surface area contributed by atoms with Crippen LogP contribution in [-0.4, -0.2) is 69.2 Å². The van der Waals surface area contributed by atoms with E-state index in [0.29, 0.717) is 12.5 Å². The number of hydrogen-bond donors (Lipinski definition) is 1. The van der Waals surface area contributed by atoms with Crippen molar-refractivity contribution in [3.8, 4) is 0 Å². The minimum atomic E-state index is 0. The summed E-state index contributed by atoms with van der Waals surface area (Å²) >= 11 is 0. The van der Waals surface area contributed by atoms with Crippen LogP contribution in [0.15, 0.2) is 39.7 Å². The molecule has 3 rings (SSSR count). The van der Waals surface area contributed by atoms with Crippen molar-refractivity contribution in [2.24, 2.45) is 10.9 Å². The van der Waals surface area contributed by atoms with E-state index in [4.69, 9.17) is 9.15 Å². The number of halogens is 1. The lowest BCUT2D eigenvalue weighted by molar-refractivity contribution is 0.0320. The summed E-state index contributed by atoms with van der Waals surface area (Å²) in [4.78, 5) is 8.98. The second kappa shape index (κ2) is 10.9. The van der Waals surface area contributed by atoms with E-state index in [1.807, 2.05) is 32.3 Å². The van der Waals surface area contributed by atoms with E-state index in [1.165, 1.54) is 0 Å². The zero-order chi connectivity index (χ0) is 18.4. The Kier molecular flexibility index (Phi) is 8.85. The molecule has 1 aliphatic heterocycles. The summed E-state index contributed by atoms with van der Waals surface area (Å²) < 4.78 is 11.3. The summed E-state index contributed by atoms with van der Waals surface area (Å²) in [6, 6.07) is 10.2. The Balaban J connectivity index is 0.00000261. The minimum absolute atomic E-state index is 0. The first-order chi connectivity index (χ1) is 12.7. The van der Waals surface area contributed by atoms with Crippen molar-refractivity contribution < 1.29 is 9.15 Å². The lowest BCUT2D eigenvalue weighted by atomic mass is 10.1. The van der Waals surface area contributed by atoms with Gasteiger partial charge in [0, 0.05) is 45.7 Å². The van der Waals surface area contributed by atoms with Gasteiger partial charge in [0.15, 0.2) is 5.96 Å². The lowest BCUT2D eigenvalue weighted by Gasteiger charge is -2.30. The number of nitrogens with one attached hydrogen (secondary N) is 1. The van der Waals surface area contributed by atoms with Crippen LogP contribution in [0, 0.1) is 5.92 Å². The third-order valence-electron chi connectivity index (χ3n) is 4.73. The summed E-state index contributed by atoms with van der Waals surface area (Å²) in [5.41, 5.74) is 0.929. The zero-order valence-electron chi connectivity index (χ0n) is 16.5. The summed E-state index contributed by atoms with van der Waals surface area (Å²) in [5.74, 6) is 2.38. The molecule has 1 atom stereocenters. The highest BCUT2D eigenvalue weighted by atomic mass is 127. The van der Waals surface area contributed by atoms with Crippen LogP contribution in [0.4, 0.5) is 0 Å². The van der Waals surface area contributed by atoms with Crippen LogP contribution in [0.1, 0.15) is 12.7 Å². The van der Waals surface area contributed by atoms with Crippen LogP contribution in [0.5, 0.6) is 0 Å². The second-order valence-electron chi connectivity index (χ2n) is 7.05. The van der Waals surface area contributed by atoms with E-state index < -0.39 is 0 Å². The van der Waals surface area contributed by atoms with Crippen molar-refractivity contribution in [2.75, 3.05) is 53.5 Å². The van der Waals surface area contributed by atoms with Crippen LogP contribution in [0.25, 0.3) is 11.0 Å². The Bertz CT molecular complexity index is 695. The maximum absolute atomic E-state index is 5.92. The fourth-order valence-electron chi connectivity index (χ4n) is 3.36. The van der Waals surface area contributed by atoms with Crippen LogP contribution < -0.4 is 5.32 Å². The van der Waals surface area contributed by atoms with Crippen LogP contribution >= 0.6 is 24.0 Å². The molecule has 150 valence electrons. The summed E-state index contributed by atoms with van der Waals surface area (Å²) in [6.45, 7) is 8.70. The van der Waals surface area contributed by atoms with Crippen molar-refractivity contribution in [3.05, 3.63) is 36.1 Å². The molecule has 1 aromatic carbocycles. The minimum Gasteiger partial charge on any atom is -0.459 e. The monoisotopic (exact) mass is 486 g/mol. The number of guanidine groups is 1. The van der Waals surface area contributed by atoms with Crippen LogP contribution in [0.2, 0.25) is 0 Å². The Morgan fingerprint density at radius 3 is 2.74 bits per heavy atom. The molecule has 2 heterocycles. The maximum Gasteiger partial charge on any atom is 0.193 e. The van der Waals surface area contributed by atoms with Gasteiger partial charge in [-0.3, -0.25) is 9.89 Å². The number of furan rings is 1. The highest BCUT2D eigenvalue weighted by Crippen LogP contribution is 2.19. The third kappa shape index (κ3) is 6.36. The molecule has 0 spiro atoms. The Hall–Kier alpha value is -1.32. The lowest BCUT2D eigenvalue weighted by Crippen LogP contribution is -2.44. The standard InChI is InChI=1S/C20H30N4O2.HI/c1-16(14-24-8-10-25-11-9-24)13-22-20(21-2)23(3)15-18-12-17-6-4-5-7-19(17)26-18;/h4-7,12,16H,8-11,13-15H2,1-3H3,(H,21,22);1H. The fraction of sp³-hybridized carbons (Fsp3) is 0.550.